The third-order valence-electron chi connectivity index (χ3n) is 7.60. The topological polar surface area (TPSA) is 56.9 Å². The van der Waals surface area contributed by atoms with Gasteiger partial charge in [-0.05, 0) is 35.7 Å². The SMILES string of the molecule is C=C[C@H]1C[N@+]2(Cc3cccc(C#N)c3)CC[C@H]1C[C@@H]2[C@@H](O)c1ccnc2ccccc12. The summed E-state index contributed by atoms with van der Waals surface area (Å²) >= 11 is 0. The number of aliphatic hydroxyl groups excluding tert-OH is 1. The van der Waals surface area contributed by atoms with Gasteiger partial charge < -0.3 is 9.59 Å². The zero-order chi connectivity index (χ0) is 21.4. The van der Waals surface area contributed by atoms with Crippen molar-refractivity contribution in [2.75, 3.05) is 13.1 Å². The van der Waals surface area contributed by atoms with Crippen LogP contribution in [0.4, 0.5) is 0 Å². The standard InChI is InChI=1S/C27H28N3O/c1-2-21-18-30(17-20-7-5-6-19(14-20)16-28)13-11-22(21)15-26(30)27(31)24-10-12-29-25-9-4-3-8-23(24)25/h2-10,12,14,21-22,26-27,31H,1,11,13,15,17-18H2/q+1/t21-,22-,26+,27-,30+/m0/s1. The van der Waals surface area contributed by atoms with Crippen molar-refractivity contribution in [1.29, 1.82) is 5.26 Å². The Morgan fingerprint density at radius 1 is 1.23 bits per heavy atom. The average Bonchev–Trinajstić information content (AvgIpc) is 2.83. The van der Waals surface area contributed by atoms with Crippen LogP contribution in [0.2, 0.25) is 0 Å². The number of hydrogen-bond acceptors (Lipinski definition) is 3. The van der Waals surface area contributed by atoms with Gasteiger partial charge in [-0.25, -0.2) is 0 Å². The molecular weight excluding hydrogens is 382 g/mol. The molecule has 0 aliphatic carbocycles. The minimum Gasteiger partial charge on any atom is -0.382 e. The molecule has 3 aliphatic heterocycles. The number of fused-ring (bicyclic) bond motifs is 4. The first-order valence-electron chi connectivity index (χ1n) is 11.1. The van der Waals surface area contributed by atoms with Gasteiger partial charge in [0.15, 0.2) is 0 Å². The predicted molar refractivity (Wildman–Crippen MR) is 122 cm³/mol. The van der Waals surface area contributed by atoms with E-state index in [-0.39, 0.29) is 6.04 Å². The molecule has 0 unspecified atom stereocenters. The van der Waals surface area contributed by atoms with E-state index >= 15 is 0 Å². The van der Waals surface area contributed by atoms with Gasteiger partial charge in [-0.15, -0.1) is 6.58 Å². The van der Waals surface area contributed by atoms with Crippen molar-refractivity contribution in [1.82, 2.24) is 4.98 Å². The maximum absolute atomic E-state index is 11.7. The van der Waals surface area contributed by atoms with Gasteiger partial charge in [-0.3, -0.25) is 4.98 Å². The van der Waals surface area contributed by atoms with Crippen LogP contribution in [0.25, 0.3) is 10.9 Å². The Labute approximate surface area is 183 Å². The second kappa shape index (κ2) is 7.92. The van der Waals surface area contributed by atoms with Crippen LogP contribution in [-0.4, -0.2) is 33.7 Å². The Balaban J connectivity index is 1.56. The van der Waals surface area contributed by atoms with E-state index in [1.165, 1.54) is 5.56 Å². The number of rotatable bonds is 5. The molecule has 4 heteroatoms. The second-order valence-corrected chi connectivity index (χ2v) is 9.21. The van der Waals surface area contributed by atoms with Crippen LogP contribution in [0.15, 0.2) is 73.4 Å². The summed E-state index contributed by atoms with van der Waals surface area (Å²) in [6.45, 7) is 6.99. The average molecular weight is 411 g/mol. The first-order chi connectivity index (χ1) is 15.1. The highest BCUT2D eigenvalue weighted by Gasteiger charge is 2.53. The lowest BCUT2D eigenvalue weighted by atomic mass is 9.71. The van der Waals surface area contributed by atoms with Gasteiger partial charge in [0, 0.05) is 35.9 Å². The van der Waals surface area contributed by atoms with E-state index in [1.807, 2.05) is 48.7 Å². The second-order valence-electron chi connectivity index (χ2n) is 9.21. The summed E-state index contributed by atoms with van der Waals surface area (Å²) in [5.41, 5.74) is 3.76. The smallest absolute Gasteiger partial charge is 0.131 e. The zero-order valence-corrected chi connectivity index (χ0v) is 17.7. The number of nitrogens with zero attached hydrogens (tertiary/aromatic N) is 3. The molecule has 3 saturated heterocycles. The maximum atomic E-state index is 11.7. The molecule has 0 saturated carbocycles. The monoisotopic (exact) mass is 410 g/mol. The number of nitriles is 1. The summed E-state index contributed by atoms with van der Waals surface area (Å²) in [5.74, 6) is 1.06. The zero-order valence-electron chi connectivity index (χ0n) is 17.7. The summed E-state index contributed by atoms with van der Waals surface area (Å²) in [4.78, 5) is 4.49. The molecule has 0 radical (unpaired) electrons. The van der Waals surface area contributed by atoms with Crippen molar-refractivity contribution < 1.29 is 9.59 Å². The number of pyridine rings is 1. The van der Waals surface area contributed by atoms with Crippen LogP contribution < -0.4 is 0 Å². The van der Waals surface area contributed by atoms with Gasteiger partial charge in [0.2, 0.25) is 0 Å². The van der Waals surface area contributed by atoms with Crippen LogP contribution in [0.1, 0.15) is 35.6 Å². The highest BCUT2D eigenvalue weighted by Crippen LogP contribution is 2.48. The van der Waals surface area contributed by atoms with E-state index in [0.29, 0.717) is 17.4 Å². The Hall–Kier alpha value is -3.00. The lowest BCUT2D eigenvalue weighted by molar-refractivity contribution is -0.984. The van der Waals surface area contributed by atoms with Crippen molar-refractivity contribution in [2.45, 2.75) is 31.5 Å². The third-order valence-corrected chi connectivity index (χ3v) is 7.60. The molecule has 5 atom stereocenters. The molecule has 4 nitrogen and oxygen atoms in total. The summed E-state index contributed by atoms with van der Waals surface area (Å²) in [6.07, 6.45) is 5.53. The summed E-state index contributed by atoms with van der Waals surface area (Å²) in [5, 5.41) is 22.1. The van der Waals surface area contributed by atoms with Crippen LogP contribution in [-0.2, 0) is 6.54 Å². The number of piperidine rings is 3. The summed E-state index contributed by atoms with van der Waals surface area (Å²) < 4.78 is 0.847. The molecule has 3 fully saturated rings. The molecule has 31 heavy (non-hydrogen) atoms. The van der Waals surface area contributed by atoms with Gasteiger partial charge in [0.05, 0.1) is 30.2 Å². The molecule has 2 bridgehead atoms. The summed E-state index contributed by atoms with van der Waals surface area (Å²) in [6, 6.07) is 20.4. The molecule has 2 aromatic carbocycles. The van der Waals surface area contributed by atoms with Gasteiger partial charge >= 0.3 is 0 Å². The van der Waals surface area contributed by atoms with E-state index in [1.54, 1.807) is 0 Å². The molecule has 3 aromatic rings. The fraction of sp³-hybridized carbons (Fsp3) is 0.333. The van der Waals surface area contributed by atoms with Crippen molar-refractivity contribution >= 4 is 10.9 Å². The van der Waals surface area contributed by atoms with Gasteiger partial charge in [-0.2, -0.15) is 5.26 Å². The van der Waals surface area contributed by atoms with Crippen molar-refractivity contribution in [3.8, 4) is 6.07 Å². The molecule has 0 amide bonds. The number of aromatic nitrogens is 1. The molecule has 1 N–H and O–H groups in total. The van der Waals surface area contributed by atoms with Gasteiger partial charge in [0.1, 0.15) is 18.7 Å². The predicted octanol–water partition coefficient (Wildman–Crippen LogP) is 4.75. The Kier molecular flexibility index (Phi) is 5.09. The van der Waals surface area contributed by atoms with Crippen molar-refractivity contribution in [3.63, 3.8) is 0 Å². The molecule has 3 aliphatic rings. The third kappa shape index (κ3) is 3.44. The van der Waals surface area contributed by atoms with Crippen LogP contribution in [0.3, 0.4) is 0 Å². The normalized spacial score (nSPS) is 28.2. The molecule has 1 aromatic heterocycles. The van der Waals surface area contributed by atoms with Crippen molar-refractivity contribution in [2.24, 2.45) is 11.8 Å². The molecule has 6 rings (SSSR count). The number of quaternary nitrogens is 1. The Morgan fingerprint density at radius 3 is 2.94 bits per heavy atom. The van der Waals surface area contributed by atoms with Crippen molar-refractivity contribution in [3.05, 3.63) is 90.1 Å². The Bertz CT molecular complexity index is 1160. The van der Waals surface area contributed by atoms with E-state index < -0.39 is 6.10 Å². The van der Waals surface area contributed by atoms with Crippen LogP contribution >= 0.6 is 0 Å². The van der Waals surface area contributed by atoms with E-state index in [9.17, 15) is 10.4 Å². The minimum atomic E-state index is -0.555. The van der Waals surface area contributed by atoms with E-state index in [4.69, 9.17) is 0 Å². The van der Waals surface area contributed by atoms with E-state index in [2.05, 4.69) is 35.8 Å². The number of para-hydroxylation sites is 1. The number of benzene rings is 2. The highest BCUT2D eigenvalue weighted by molar-refractivity contribution is 5.82. The van der Waals surface area contributed by atoms with Gasteiger partial charge in [0.25, 0.3) is 0 Å². The number of hydrogen-bond donors (Lipinski definition) is 1. The van der Waals surface area contributed by atoms with Gasteiger partial charge in [-0.1, -0.05) is 36.4 Å². The largest absolute Gasteiger partial charge is 0.382 e. The molecular formula is C27H28N3O+. The van der Waals surface area contributed by atoms with Crippen LogP contribution in [0.5, 0.6) is 0 Å². The highest BCUT2D eigenvalue weighted by atomic mass is 16.3. The lowest BCUT2D eigenvalue weighted by Crippen LogP contribution is -2.67. The number of aliphatic hydroxyl groups is 1. The van der Waals surface area contributed by atoms with Crippen LogP contribution in [0, 0.1) is 23.2 Å². The first-order valence-corrected chi connectivity index (χ1v) is 11.1. The summed E-state index contributed by atoms with van der Waals surface area (Å²) in [7, 11) is 0. The minimum absolute atomic E-state index is 0.117. The lowest BCUT2D eigenvalue weighted by Gasteiger charge is -2.58. The molecule has 4 heterocycles. The molecule has 0 spiro atoms. The van der Waals surface area contributed by atoms with E-state index in [0.717, 1.165) is 53.4 Å². The Morgan fingerprint density at radius 2 is 2.10 bits per heavy atom. The fourth-order valence-corrected chi connectivity index (χ4v) is 6.07. The first kappa shape index (κ1) is 19.9. The maximum Gasteiger partial charge on any atom is 0.131 e. The quantitative estimate of drug-likeness (QED) is 0.488. The fourth-order valence-electron chi connectivity index (χ4n) is 6.07. The molecule has 156 valence electrons.